The van der Waals surface area contributed by atoms with E-state index in [9.17, 15) is 14.4 Å². The summed E-state index contributed by atoms with van der Waals surface area (Å²) < 4.78 is 7.06. The molecule has 6 nitrogen and oxygen atoms in total. The number of thiazole rings is 1. The minimum absolute atomic E-state index is 0.235. The highest BCUT2D eigenvalue weighted by Gasteiger charge is 2.56. The summed E-state index contributed by atoms with van der Waals surface area (Å²) in [5.41, 5.74) is 2.01. The van der Waals surface area contributed by atoms with Crippen molar-refractivity contribution < 1.29 is 14.3 Å². The second-order valence-corrected chi connectivity index (χ2v) is 12.8. The predicted molar refractivity (Wildman–Crippen MR) is 154 cm³/mol. The van der Waals surface area contributed by atoms with Crippen molar-refractivity contribution in [1.29, 1.82) is 0 Å². The Balaban J connectivity index is 1.45. The first kappa shape index (κ1) is 25.7. The van der Waals surface area contributed by atoms with Gasteiger partial charge in [-0.3, -0.25) is 14.4 Å². The first-order chi connectivity index (χ1) is 18.3. The van der Waals surface area contributed by atoms with Crippen molar-refractivity contribution in [2.24, 2.45) is 5.92 Å². The van der Waals surface area contributed by atoms with Crippen molar-refractivity contribution in [2.45, 2.75) is 22.8 Å². The number of carbonyl (C=O) groups excluding carboxylic acids is 2. The summed E-state index contributed by atoms with van der Waals surface area (Å²) in [6.45, 7) is 0.235. The van der Waals surface area contributed by atoms with Gasteiger partial charge in [0, 0.05) is 30.9 Å². The van der Waals surface area contributed by atoms with E-state index in [1.807, 2.05) is 18.2 Å². The molecule has 3 aromatic carbocycles. The third-order valence-electron chi connectivity index (χ3n) is 6.50. The van der Waals surface area contributed by atoms with Crippen LogP contribution >= 0.6 is 62.2 Å². The smallest absolute Gasteiger partial charge is 0.305 e. The monoisotopic (exact) mass is 646 g/mol. The molecule has 0 aliphatic carbocycles. The quantitative estimate of drug-likeness (QED) is 0.239. The third kappa shape index (κ3) is 4.60. The number of anilines is 1. The predicted octanol–water partition coefficient (Wildman–Crippen LogP) is 6.88. The fourth-order valence-corrected chi connectivity index (χ4v) is 8.04. The molecule has 2 amide bonds. The Morgan fingerprint density at radius 3 is 2.47 bits per heavy atom. The van der Waals surface area contributed by atoms with Crippen LogP contribution in [0.1, 0.15) is 21.9 Å². The van der Waals surface area contributed by atoms with E-state index < -0.39 is 17.1 Å². The lowest BCUT2D eigenvalue weighted by Crippen LogP contribution is -2.32. The number of ether oxygens (including phenoxy) is 1. The Kier molecular flexibility index (Phi) is 6.90. The number of halogens is 3. The van der Waals surface area contributed by atoms with Gasteiger partial charge >= 0.3 is 4.87 Å². The Bertz CT molecular complexity index is 1640. The molecule has 2 aliphatic heterocycles. The minimum atomic E-state index is -0.748. The number of fused-ring (bicyclic) bond motifs is 2. The lowest BCUT2D eigenvalue weighted by Gasteiger charge is -2.31. The lowest BCUT2D eigenvalue weighted by molar-refractivity contribution is -0.122. The molecular weight excluding hydrogens is 631 g/mol. The first-order valence-corrected chi connectivity index (χ1v) is 14.7. The molecule has 1 fully saturated rings. The standard InChI is InChI=1S/C27H17BrCl2N2O4S2/c28-14-4-7-17(8-5-14)32-25(33)21-20(22-24(31-27(35)38-22)37-23(21)26(32)34)18-11-16(30)6-9-19(18)36-12-13-2-1-3-15(29)10-13/h1-11,20-21,23H,12H2,(H,31,35)/t20-,21-,23+/m0/s1. The van der Waals surface area contributed by atoms with E-state index in [2.05, 4.69) is 20.9 Å². The number of carbonyl (C=O) groups is 2. The number of hydrogen-bond acceptors (Lipinski definition) is 6. The van der Waals surface area contributed by atoms with Crippen LogP contribution in [0, 0.1) is 5.92 Å². The number of nitrogens with zero attached hydrogens (tertiary/aromatic N) is 1. The number of benzene rings is 3. The van der Waals surface area contributed by atoms with Crippen molar-refractivity contribution in [3.05, 3.63) is 107 Å². The number of thioether (sulfide) groups is 1. The lowest BCUT2D eigenvalue weighted by atomic mass is 9.82. The number of hydrogen-bond donors (Lipinski definition) is 1. The number of aromatic nitrogens is 1. The van der Waals surface area contributed by atoms with Gasteiger partial charge in [0.2, 0.25) is 11.8 Å². The Morgan fingerprint density at radius 1 is 0.947 bits per heavy atom. The van der Waals surface area contributed by atoms with E-state index >= 15 is 0 Å². The molecule has 3 atom stereocenters. The Morgan fingerprint density at radius 2 is 1.71 bits per heavy atom. The average molecular weight is 648 g/mol. The molecule has 11 heteroatoms. The van der Waals surface area contributed by atoms with Crippen LogP contribution in [0.25, 0.3) is 0 Å². The summed E-state index contributed by atoms with van der Waals surface area (Å²) in [7, 11) is 0. The highest BCUT2D eigenvalue weighted by atomic mass is 79.9. The topological polar surface area (TPSA) is 79.5 Å². The van der Waals surface area contributed by atoms with Gasteiger partial charge in [0.1, 0.15) is 17.6 Å². The van der Waals surface area contributed by atoms with Gasteiger partial charge in [0.05, 0.1) is 16.6 Å². The summed E-state index contributed by atoms with van der Waals surface area (Å²) in [6.07, 6.45) is 0. The Labute approximate surface area is 244 Å². The van der Waals surface area contributed by atoms with E-state index in [4.69, 9.17) is 27.9 Å². The number of imide groups is 1. The van der Waals surface area contributed by atoms with Gasteiger partial charge in [-0.05, 0) is 60.2 Å². The largest absolute Gasteiger partial charge is 0.489 e. The Hall–Kier alpha value is -2.56. The number of amides is 2. The van der Waals surface area contributed by atoms with Gasteiger partial charge in [-0.25, -0.2) is 4.90 Å². The molecule has 3 heterocycles. The fourth-order valence-electron chi connectivity index (χ4n) is 4.88. The van der Waals surface area contributed by atoms with Crippen molar-refractivity contribution in [1.82, 2.24) is 4.98 Å². The maximum absolute atomic E-state index is 14.0. The van der Waals surface area contributed by atoms with Crippen molar-refractivity contribution in [2.75, 3.05) is 4.90 Å². The zero-order valence-electron chi connectivity index (χ0n) is 19.3. The fraction of sp³-hybridized carbons (Fsp3) is 0.148. The summed E-state index contributed by atoms with van der Waals surface area (Å²) >= 11 is 18.2. The minimum Gasteiger partial charge on any atom is -0.489 e. The molecule has 0 bridgehead atoms. The average Bonchev–Trinajstić information content (AvgIpc) is 3.38. The summed E-state index contributed by atoms with van der Waals surface area (Å²) in [4.78, 5) is 44.6. The van der Waals surface area contributed by atoms with E-state index in [1.165, 1.54) is 16.7 Å². The normalized spacial score (nSPS) is 20.4. The van der Waals surface area contributed by atoms with Crippen molar-refractivity contribution >= 4 is 79.7 Å². The van der Waals surface area contributed by atoms with Gasteiger partial charge in [0.25, 0.3) is 0 Å². The molecule has 0 saturated carbocycles. The van der Waals surface area contributed by atoms with Gasteiger partial charge in [-0.15, -0.1) is 0 Å². The van der Waals surface area contributed by atoms with Crippen molar-refractivity contribution in [3.8, 4) is 5.75 Å². The summed E-state index contributed by atoms with van der Waals surface area (Å²) in [5.74, 6) is -1.49. The van der Waals surface area contributed by atoms with Crippen LogP contribution in [0.4, 0.5) is 5.69 Å². The molecule has 0 radical (unpaired) electrons. The number of aromatic amines is 1. The van der Waals surface area contributed by atoms with Gasteiger partial charge in [-0.2, -0.15) is 0 Å². The molecule has 38 heavy (non-hydrogen) atoms. The maximum atomic E-state index is 14.0. The molecule has 0 unspecified atom stereocenters. The van der Waals surface area contributed by atoms with Gasteiger partial charge < -0.3 is 9.72 Å². The molecule has 1 N–H and O–H groups in total. The second kappa shape index (κ2) is 10.2. The van der Waals surface area contributed by atoms with E-state index in [0.717, 1.165) is 21.4 Å². The summed E-state index contributed by atoms with van der Waals surface area (Å²) in [5, 5.41) is 0.926. The maximum Gasteiger partial charge on any atom is 0.305 e. The first-order valence-electron chi connectivity index (χ1n) is 11.5. The zero-order valence-corrected chi connectivity index (χ0v) is 24.1. The SMILES string of the molecule is O=C1[C@H]2[C@H](c3cc(Cl)ccc3OCc3cccc(Cl)c3)c3sc(=O)[nH]c3S[C@H]2C(=O)N1c1ccc(Br)cc1. The van der Waals surface area contributed by atoms with E-state index in [-0.39, 0.29) is 23.3 Å². The molecule has 6 rings (SSSR count). The molecular formula is C27H17BrCl2N2O4S2. The van der Waals surface area contributed by atoms with Gasteiger partial charge in [0.15, 0.2) is 0 Å². The molecule has 2 aliphatic rings. The van der Waals surface area contributed by atoms with Crippen LogP contribution in [0.15, 0.2) is 81.0 Å². The highest BCUT2D eigenvalue weighted by molar-refractivity contribution is 9.10. The number of nitrogens with one attached hydrogen (secondary N) is 1. The molecule has 1 aromatic heterocycles. The number of H-pyrrole nitrogens is 1. The third-order valence-corrected chi connectivity index (χ3v) is 9.90. The molecule has 1 saturated heterocycles. The highest BCUT2D eigenvalue weighted by Crippen LogP contribution is 2.54. The molecule has 4 aromatic rings. The van der Waals surface area contributed by atoms with Crippen molar-refractivity contribution in [3.63, 3.8) is 0 Å². The van der Waals surface area contributed by atoms with Crippen LogP contribution in [-0.2, 0) is 16.2 Å². The van der Waals surface area contributed by atoms with Crippen LogP contribution in [-0.4, -0.2) is 22.0 Å². The van der Waals surface area contributed by atoms with Crippen LogP contribution in [0.2, 0.25) is 10.0 Å². The number of rotatable bonds is 5. The van der Waals surface area contributed by atoms with Crippen LogP contribution in [0.5, 0.6) is 5.75 Å². The second-order valence-electron chi connectivity index (χ2n) is 8.84. The van der Waals surface area contributed by atoms with E-state index in [1.54, 1.807) is 48.5 Å². The van der Waals surface area contributed by atoms with Gasteiger partial charge in [-0.1, -0.05) is 74.4 Å². The van der Waals surface area contributed by atoms with Crippen LogP contribution in [0.3, 0.4) is 0 Å². The zero-order chi connectivity index (χ0) is 26.6. The molecule has 192 valence electrons. The molecule has 0 spiro atoms. The van der Waals surface area contributed by atoms with Crippen LogP contribution < -0.4 is 14.5 Å². The summed E-state index contributed by atoms with van der Waals surface area (Å²) in [6, 6.07) is 19.6. The van der Waals surface area contributed by atoms with E-state index in [0.29, 0.717) is 36.9 Å².